The van der Waals surface area contributed by atoms with Gasteiger partial charge in [-0.1, -0.05) is 28.1 Å². The maximum absolute atomic E-state index is 13.2. The van der Waals surface area contributed by atoms with E-state index in [0.29, 0.717) is 5.75 Å². The van der Waals surface area contributed by atoms with Crippen LogP contribution >= 0.6 is 27.7 Å². The van der Waals surface area contributed by atoms with Gasteiger partial charge in [-0.05, 0) is 41.5 Å². The Morgan fingerprint density at radius 2 is 1.94 bits per heavy atom. The van der Waals surface area contributed by atoms with Crippen molar-refractivity contribution in [2.75, 3.05) is 0 Å². The lowest BCUT2D eigenvalue weighted by atomic mass is 10.2. The van der Waals surface area contributed by atoms with Crippen molar-refractivity contribution in [3.8, 4) is 0 Å². The molecule has 1 N–H and O–H groups in total. The van der Waals surface area contributed by atoms with E-state index < -0.39 is 0 Å². The fourth-order valence-corrected chi connectivity index (χ4v) is 3.02. The largest absolute Gasteiger partial charge is 0.392 e. The van der Waals surface area contributed by atoms with E-state index in [4.69, 9.17) is 5.11 Å². The van der Waals surface area contributed by atoms with Crippen LogP contribution in [-0.4, -0.2) is 5.11 Å². The van der Waals surface area contributed by atoms with E-state index in [-0.39, 0.29) is 12.4 Å². The smallest absolute Gasteiger partial charge is 0.124 e. The lowest BCUT2D eigenvalue weighted by molar-refractivity contribution is 0.281. The standard InChI is InChI=1S/C14H12BrFOS/c15-12-4-11(5-13(16)7-12)9-18-14-3-1-2-10(6-14)8-17/h1-7,17H,8-9H2. The lowest BCUT2D eigenvalue weighted by Gasteiger charge is -2.05. The Hall–Kier alpha value is -0.840. The first-order valence-electron chi connectivity index (χ1n) is 5.45. The number of thioether (sulfide) groups is 1. The highest BCUT2D eigenvalue weighted by Gasteiger charge is 2.01. The number of rotatable bonds is 4. The second-order valence-electron chi connectivity index (χ2n) is 3.87. The highest BCUT2D eigenvalue weighted by atomic mass is 79.9. The Kier molecular flexibility index (Phi) is 4.80. The summed E-state index contributed by atoms with van der Waals surface area (Å²) in [6.45, 7) is 0.0416. The second-order valence-corrected chi connectivity index (χ2v) is 5.84. The third kappa shape index (κ3) is 3.83. The number of hydrogen-bond acceptors (Lipinski definition) is 2. The zero-order valence-corrected chi connectivity index (χ0v) is 12.0. The molecular formula is C14H12BrFOS. The number of aliphatic hydroxyl groups is 1. The molecule has 94 valence electrons. The highest BCUT2D eigenvalue weighted by Crippen LogP contribution is 2.25. The zero-order chi connectivity index (χ0) is 13.0. The van der Waals surface area contributed by atoms with Crippen LogP contribution in [0.4, 0.5) is 4.39 Å². The summed E-state index contributed by atoms with van der Waals surface area (Å²) < 4.78 is 14.0. The highest BCUT2D eigenvalue weighted by molar-refractivity contribution is 9.10. The molecule has 18 heavy (non-hydrogen) atoms. The molecule has 2 rings (SSSR count). The summed E-state index contributed by atoms with van der Waals surface area (Å²) >= 11 is 4.90. The molecule has 1 nitrogen and oxygen atoms in total. The fourth-order valence-electron chi connectivity index (χ4n) is 1.59. The van der Waals surface area contributed by atoms with Crippen molar-refractivity contribution in [3.05, 3.63) is 63.9 Å². The van der Waals surface area contributed by atoms with Gasteiger partial charge in [0.2, 0.25) is 0 Å². The Morgan fingerprint density at radius 3 is 2.67 bits per heavy atom. The average Bonchev–Trinajstić information content (AvgIpc) is 2.35. The molecule has 0 aliphatic carbocycles. The number of aliphatic hydroxyl groups excluding tert-OH is 1. The van der Waals surface area contributed by atoms with Crippen LogP contribution in [-0.2, 0) is 12.4 Å². The van der Waals surface area contributed by atoms with Gasteiger partial charge in [-0.15, -0.1) is 11.8 Å². The Bertz CT molecular complexity index is 525. The van der Waals surface area contributed by atoms with Crippen molar-refractivity contribution in [1.29, 1.82) is 0 Å². The lowest BCUT2D eigenvalue weighted by Crippen LogP contribution is -1.86. The third-order valence-corrected chi connectivity index (χ3v) is 3.93. The van der Waals surface area contributed by atoms with Crippen LogP contribution < -0.4 is 0 Å². The minimum atomic E-state index is -0.232. The molecule has 0 aliphatic rings. The van der Waals surface area contributed by atoms with Crippen molar-refractivity contribution in [1.82, 2.24) is 0 Å². The molecule has 0 heterocycles. The van der Waals surface area contributed by atoms with Crippen molar-refractivity contribution < 1.29 is 9.50 Å². The number of halogens is 2. The van der Waals surface area contributed by atoms with E-state index in [1.165, 1.54) is 12.1 Å². The third-order valence-electron chi connectivity index (χ3n) is 2.41. The minimum absolute atomic E-state index is 0.0416. The predicted molar refractivity (Wildman–Crippen MR) is 76.0 cm³/mol. The Morgan fingerprint density at radius 1 is 1.11 bits per heavy atom. The molecule has 2 aromatic carbocycles. The molecule has 0 atom stereocenters. The topological polar surface area (TPSA) is 20.2 Å². The minimum Gasteiger partial charge on any atom is -0.392 e. The summed E-state index contributed by atoms with van der Waals surface area (Å²) in [5, 5.41) is 9.06. The van der Waals surface area contributed by atoms with Gasteiger partial charge in [0.05, 0.1) is 6.61 Å². The summed E-state index contributed by atoms with van der Waals surface area (Å²) in [5.41, 5.74) is 1.82. The van der Waals surface area contributed by atoms with Crippen LogP contribution in [0.3, 0.4) is 0 Å². The molecule has 0 spiro atoms. The van der Waals surface area contributed by atoms with Crippen molar-refractivity contribution in [2.45, 2.75) is 17.3 Å². The Labute approximate surface area is 118 Å². The molecule has 0 saturated carbocycles. The van der Waals surface area contributed by atoms with Gasteiger partial charge < -0.3 is 5.11 Å². The molecule has 0 fully saturated rings. The van der Waals surface area contributed by atoms with Gasteiger partial charge in [-0.2, -0.15) is 0 Å². The first-order chi connectivity index (χ1) is 8.67. The number of hydrogen-bond donors (Lipinski definition) is 1. The molecule has 0 amide bonds. The first-order valence-corrected chi connectivity index (χ1v) is 7.23. The van der Waals surface area contributed by atoms with Gasteiger partial charge in [-0.3, -0.25) is 0 Å². The molecule has 0 radical (unpaired) electrons. The summed E-state index contributed by atoms with van der Waals surface area (Å²) in [4.78, 5) is 1.07. The van der Waals surface area contributed by atoms with E-state index in [0.717, 1.165) is 20.5 Å². The van der Waals surface area contributed by atoms with Crippen LogP contribution in [0.1, 0.15) is 11.1 Å². The maximum Gasteiger partial charge on any atom is 0.124 e. The maximum atomic E-state index is 13.2. The van der Waals surface area contributed by atoms with E-state index in [1.807, 2.05) is 30.3 Å². The van der Waals surface area contributed by atoms with E-state index >= 15 is 0 Å². The van der Waals surface area contributed by atoms with E-state index in [2.05, 4.69) is 15.9 Å². The van der Waals surface area contributed by atoms with Gasteiger partial charge in [0.25, 0.3) is 0 Å². The van der Waals surface area contributed by atoms with Gasteiger partial charge in [0.15, 0.2) is 0 Å². The molecule has 0 aliphatic heterocycles. The van der Waals surface area contributed by atoms with Gasteiger partial charge >= 0.3 is 0 Å². The van der Waals surface area contributed by atoms with E-state index in [1.54, 1.807) is 11.8 Å². The molecule has 0 bridgehead atoms. The van der Waals surface area contributed by atoms with Crippen LogP contribution in [0.2, 0.25) is 0 Å². The molecule has 4 heteroatoms. The molecule has 0 unspecified atom stereocenters. The molecule has 2 aromatic rings. The summed E-state index contributed by atoms with van der Waals surface area (Å²) in [6, 6.07) is 12.6. The molecule has 0 aromatic heterocycles. The predicted octanol–water partition coefficient (Wildman–Crippen LogP) is 4.37. The van der Waals surface area contributed by atoms with Crippen molar-refractivity contribution >= 4 is 27.7 Å². The van der Waals surface area contributed by atoms with Gasteiger partial charge in [0, 0.05) is 15.1 Å². The van der Waals surface area contributed by atoms with Crippen LogP contribution in [0.5, 0.6) is 0 Å². The average molecular weight is 327 g/mol. The quantitative estimate of drug-likeness (QED) is 0.842. The van der Waals surface area contributed by atoms with Gasteiger partial charge in [0.1, 0.15) is 5.82 Å². The summed E-state index contributed by atoms with van der Waals surface area (Å²) in [5.74, 6) is 0.467. The fraction of sp³-hybridized carbons (Fsp3) is 0.143. The summed E-state index contributed by atoms with van der Waals surface area (Å²) in [6.07, 6.45) is 0. The van der Waals surface area contributed by atoms with E-state index in [9.17, 15) is 4.39 Å². The molecule has 0 saturated heterocycles. The second kappa shape index (κ2) is 6.36. The number of benzene rings is 2. The van der Waals surface area contributed by atoms with Crippen LogP contribution in [0, 0.1) is 5.82 Å². The zero-order valence-electron chi connectivity index (χ0n) is 9.57. The monoisotopic (exact) mass is 326 g/mol. The van der Waals surface area contributed by atoms with Crippen LogP contribution in [0.15, 0.2) is 51.8 Å². The Balaban J connectivity index is 2.06. The molecular weight excluding hydrogens is 315 g/mol. The van der Waals surface area contributed by atoms with Gasteiger partial charge in [-0.25, -0.2) is 4.39 Å². The first kappa shape index (κ1) is 13.6. The summed E-state index contributed by atoms with van der Waals surface area (Å²) in [7, 11) is 0. The van der Waals surface area contributed by atoms with Crippen molar-refractivity contribution in [2.24, 2.45) is 0 Å². The van der Waals surface area contributed by atoms with Crippen molar-refractivity contribution in [3.63, 3.8) is 0 Å². The van der Waals surface area contributed by atoms with Crippen LogP contribution in [0.25, 0.3) is 0 Å². The SMILES string of the molecule is OCc1cccc(SCc2cc(F)cc(Br)c2)c1. The normalized spacial score (nSPS) is 10.6.